The van der Waals surface area contributed by atoms with Crippen molar-refractivity contribution in [2.24, 2.45) is 29.6 Å². The van der Waals surface area contributed by atoms with Gasteiger partial charge >= 0.3 is 0 Å². The molecule has 4 aliphatic carbocycles. The summed E-state index contributed by atoms with van der Waals surface area (Å²) in [5.41, 5.74) is 2.03. The molecule has 6 nitrogen and oxygen atoms in total. The minimum atomic E-state index is -0.115. The fourth-order valence-electron chi connectivity index (χ4n) is 7.80. The van der Waals surface area contributed by atoms with Gasteiger partial charge in [-0.3, -0.25) is 4.79 Å². The topological polar surface area (TPSA) is 59.4 Å². The lowest BCUT2D eigenvalue weighted by molar-refractivity contribution is -0.0401. The summed E-state index contributed by atoms with van der Waals surface area (Å²) in [5.74, 6) is 5.55. The number of hydrogen-bond donors (Lipinski definition) is 1. The van der Waals surface area contributed by atoms with Crippen molar-refractivity contribution >= 4 is 34.9 Å². The highest BCUT2D eigenvalue weighted by Crippen LogP contribution is 2.57. The molecule has 2 heterocycles. The van der Waals surface area contributed by atoms with Gasteiger partial charge in [-0.25, -0.2) is 4.68 Å². The highest BCUT2D eigenvalue weighted by Gasteiger charge is 2.47. The molecule has 194 valence electrons. The number of carbonyl (C=O) groups is 1. The zero-order chi connectivity index (χ0) is 24.8. The molecular formula is C28H36Cl2N4O2. The number of nitrogens with zero attached hydrogens (tertiary/aromatic N) is 3. The van der Waals surface area contributed by atoms with Crippen molar-refractivity contribution in [2.75, 3.05) is 37.7 Å². The lowest BCUT2D eigenvalue weighted by Gasteiger charge is -2.54. The highest BCUT2D eigenvalue weighted by molar-refractivity contribution is 6.35. The first kappa shape index (κ1) is 24.6. The molecule has 5 fully saturated rings. The van der Waals surface area contributed by atoms with Gasteiger partial charge < -0.3 is 15.0 Å². The summed E-state index contributed by atoms with van der Waals surface area (Å²) in [6, 6.07) is 5.36. The standard InChI is InChI=1S/C28H36Cl2N4O2/c1-17-26(27(35)31-6-2-3-23-20-12-18-11-19(14-20)15-21(23)13-18)32-34(25-5-4-22(29)16-24(25)30)28(17)33-7-9-36-10-8-33/h4-5,16,18-21,23H,2-3,6-15H2,1H3,(H,31,35). The monoisotopic (exact) mass is 530 g/mol. The van der Waals surface area contributed by atoms with Crippen LogP contribution in [0.2, 0.25) is 10.0 Å². The van der Waals surface area contributed by atoms with Gasteiger partial charge in [0, 0.05) is 30.2 Å². The zero-order valence-electron chi connectivity index (χ0n) is 21.0. The van der Waals surface area contributed by atoms with Crippen molar-refractivity contribution in [3.05, 3.63) is 39.5 Å². The maximum atomic E-state index is 13.3. The van der Waals surface area contributed by atoms with Crippen LogP contribution in [0.1, 0.15) is 61.0 Å². The van der Waals surface area contributed by atoms with Crippen LogP contribution in [0.3, 0.4) is 0 Å². The van der Waals surface area contributed by atoms with Crippen molar-refractivity contribution in [2.45, 2.75) is 51.9 Å². The van der Waals surface area contributed by atoms with Crippen molar-refractivity contribution in [3.63, 3.8) is 0 Å². The van der Waals surface area contributed by atoms with Crippen LogP contribution in [-0.4, -0.2) is 48.5 Å². The van der Waals surface area contributed by atoms with E-state index < -0.39 is 0 Å². The summed E-state index contributed by atoms with van der Waals surface area (Å²) in [6.45, 7) is 5.44. The Balaban J connectivity index is 1.15. The average Bonchev–Trinajstić information content (AvgIpc) is 3.20. The Labute approximate surface area is 223 Å². The SMILES string of the molecule is Cc1c(C(=O)NCCCC2C3CC4CC(C3)CC2C4)nn(-c2ccc(Cl)cc2Cl)c1N1CCOCC1. The Morgan fingerprint density at radius 3 is 2.44 bits per heavy atom. The van der Waals surface area contributed by atoms with E-state index >= 15 is 0 Å². The number of benzene rings is 1. The van der Waals surface area contributed by atoms with Gasteiger partial charge in [-0.1, -0.05) is 23.2 Å². The van der Waals surface area contributed by atoms with E-state index in [2.05, 4.69) is 10.2 Å². The van der Waals surface area contributed by atoms with Gasteiger partial charge in [0.1, 0.15) is 5.82 Å². The summed E-state index contributed by atoms with van der Waals surface area (Å²) in [5, 5.41) is 9.01. The van der Waals surface area contributed by atoms with Crippen LogP contribution >= 0.6 is 23.2 Å². The second kappa shape index (κ2) is 10.2. The number of aromatic nitrogens is 2. The number of nitrogens with one attached hydrogen (secondary N) is 1. The number of morpholine rings is 1. The van der Waals surface area contributed by atoms with E-state index in [-0.39, 0.29) is 5.91 Å². The van der Waals surface area contributed by atoms with E-state index in [0.717, 1.165) is 60.5 Å². The number of carbonyl (C=O) groups excluding carboxylic acids is 1. The normalized spacial score (nSPS) is 29.1. The molecule has 0 atom stereocenters. The number of amides is 1. The molecule has 1 saturated heterocycles. The molecule has 1 aliphatic heterocycles. The van der Waals surface area contributed by atoms with Gasteiger partial charge in [-0.05, 0) is 99.7 Å². The predicted octanol–water partition coefficient (Wildman–Crippen LogP) is 5.91. The maximum Gasteiger partial charge on any atom is 0.272 e. The number of halogens is 2. The minimum Gasteiger partial charge on any atom is -0.378 e. The van der Waals surface area contributed by atoms with Crippen LogP contribution in [0.4, 0.5) is 5.82 Å². The smallest absolute Gasteiger partial charge is 0.272 e. The molecule has 36 heavy (non-hydrogen) atoms. The Bertz CT molecular complexity index is 1100. The largest absolute Gasteiger partial charge is 0.378 e. The number of rotatable bonds is 7. The first-order valence-corrected chi connectivity index (χ1v) is 14.4. The lowest BCUT2D eigenvalue weighted by Crippen LogP contribution is -2.45. The average molecular weight is 532 g/mol. The molecule has 5 aliphatic rings. The van der Waals surface area contributed by atoms with E-state index in [1.807, 2.05) is 13.0 Å². The van der Waals surface area contributed by atoms with E-state index in [4.69, 9.17) is 33.0 Å². The molecule has 7 rings (SSSR count). The van der Waals surface area contributed by atoms with Gasteiger partial charge in [0.25, 0.3) is 5.91 Å². The molecule has 1 amide bonds. The molecule has 2 aromatic rings. The summed E-state index contributed by atoms with van der Waals surface area (Å²) in [7, 11) is 0. The second-order valence-electron chi connectivity index (χ2n) is 11.4. The van der Waals surface area contributed by atoms with Crippen LogP contribution in [0, 0.1) is 36.5 Å². The van der Waals surface area contributed by atoms with Crippen LogP contribution in [0.5, 0.6) is 0 Å². The molecule has 1 aromatic heterocycles. The third-order valence-electron chi connectivity index (χ3n) is 9.18. The third-order valence-corrected chi connectivity index (χ3v) is 9.71. The van der Waals surface area contributed by atoms with Crippen molar-refractivity contribution in [3.8, 4) is 5.69 Å². The second-order valence-corrected chi connectivity index (χ2v) is 12.2. The van der Waals surface area contributed by atoms with E-state index in [1.54, 1.807) is 16.8 Å². The van der Waals surface area contributed by atoms with E-state index in [1.165, 1.54) is 38.5 Å². The zero-order valence-corrected chi connectivity index (χ0v) is 22.5. The fourth-order valence-corrected chi connectivity index (χ4v) is 8.29. The molecule has 4 saturated carbocycles. The highest BCUT2D eigenvalue weighted by atomic mass is 35.5. The molecule has 0 unspecified atom stereocenters. The Morgan fingerprint density at radius 1 is 1.08 bits per heavy atom. The molecular weight excluding hydrogens is 495 g/mol. The Hall–Kier alpha value is -1.76. The van der Waals surface area contributed by atoms with Crippen molar-refractivity contribution < 1.29 is 9.53 Å². The van der Waals surface area contributed by atoms with Crippen LogP contribution in [0.25, 0.3) is 5.69 Å². The lowest BCUT2D eigenvalue weighted by atomic mass is 9.51. The first-order chi connectivity index (χ1) is 17.5. The summed E-state index contributed by atoms with van der Waals surface area (Å²) < 4.78 is 7.35. The van der Waals surface area contributed by atoms with Gasteiger partial charge in [0.05, 0.1) is 23.9 Å². The van der Waals surface area contributed by atoms with Crippen molar-refractivity contribution in [1.29, 1.82) is 0 Å². The van der Waals surface area contributed by atoms with E-state index in [0.29, 0.717) is 41.2 Å². The van der Waals surface area contributed by atoms with Gasteiger partial charge in [-0.2, -0.15) is 5.10 Å². The molecule has 0 spiro atoms. The number of hydrogen-bond acceptors (Lipinski definition) is 4. The van der Waals surface area contributed by atoms with Crippen LogP contribution < -0.4 is 10.2 Å². The first-order valence-electron chi connectivity index (χ1n) is 13.6. The minimum absolute atomic E-state index is 0.115. The Morgan fingerprint density at radius 2 is 1.78 bits per heavy atom. The van der Waals surface area contributed by atoms with Gasteiger partial charge in [0.15, 0.2) is 5.69 Å². The predicted molar refractivity (Wildman–Crippen MR) is 143 cm³/mol. The molecule has 1 N–H and O–H groups in total. The molecule has 4 bridgehead atoms. The van der Waals surface area contributed by atoms with Gasteiger partial charge in [-0.15, -0.1) is 0 Å². The number of anilines is 1. The maximum absolute atomic E-state index is 13.3. The van der Waals surface area contributed by atoms with Crippen LogP contribution in [-0.2, 0) is 4.74 Å². The molecule has 1 aromatic carbocycles. The number of ether oxygens (including phenoxy) is 1. The van der Waals surface area contributed by atoms with Crippen molar-refractivity contribution in [1.82, 2.24) is 15.1 Å². The molecule has 8 heteroatoms. The summed E-state index contributed by atoms with van der Waals surface area (Å²) in [4.78, 5) is 15.5. The van der Waals surface area contributed by atoms with Crippen LogP contribution in [0.15, 0.2) is 18.2 Å². The summed E-state index contributed by atoms with van der Waals surface area (Å²) in [6.07, 6.45) is 9.60. The van der Waals surface area contributed by atoms with E-state index in [9.17, 15) is 4.79 Å². The van der Waals surface area contributed by atoms with Gasteiger partial charge in [0.2, 0.25) is 0 Å². The quantitative estimate of drug-likeness (QED) is 0.452. The summed E-state index contributed by atoms with van der Waals surface area (Å²) >= 11 is 12.7. The Kier molecular flexibility index (Phi) is 6.95. The third kappa shape index (κ3) is 4.65. The molecule has 0 radical (unpaired) electrons. The fraction of sp³-hybridized carbons (Fsp3) is 0.643.